The summed E-state index contributed by atoms with van der Waals surface area (Å²) in [4.78, 5) is 1.32. The fourth-order valence-electron chi connectivity index (χ4n) is 3.44. The Labute approximate surface area is 130 Å². The summed E-state index contributed by atoms with van der Waals surface area (Å²) in [6.07, 6.45) is 1.97. The van der Waals surface area contributed by atoms with E-state index in [1.54, 1.807) is 11.3 Å². The third-order valence-electron chi connectivity index (χ3n) is 4.54. The first-order chi connectivity index (χ1) is 10.3. The Kier molecular flexibility index (Phi) is 4.40. The summed E-state index contributed by atoms with van der Waals surface area (Å²) in [5.41, 5.74) is 5.72. The predicted octanol–water partition coefficient (Wildman–Crippen LogP) is 3.31. The maximum absolute atomic E-state index is 5.98. The van der Waals surface area contributed by atoms with Gasteiger partial charge in [0.05, 0.1) is 6.04 Å². The van der Waals surface area contributed by atoms with Crippen LogP contribution in [0, 0.1) is 6.92 Å². The van der Waals surface area contributed by atoms with Crippen molar-refractivity contribution in [2.45, 2.75) is 31.2 Å². The Morgan fingerprint density at radius 2 is 1.95 bits per heavy atom. The van der Waals surface area contributed by atoms with Crippen LogP contribution in [-0.2, 0) is 10.2 Å². The van der Waals surface area contributed by atoms with E-state index >= 15 is 0 Å². The van der Waals surface area contributed by atoms with E-state index in [2.05, 4.69) is 54.1 Å². The lowest BCUT2D eigenvalue weighted by Crippen LogP contribution is -2.47. The molecule has 4 heteroatoms. The maximum atomic E-state index is 5.98. The smallest absolute Gasteiger partial charge is 0.0566 e. The van der Waals surface area contributed by atoms with Crippen molar-refractivity contribution in [1.82, 2.24) is 5.43 Å². The first kappa shape index (κ1) is 14.7. The van der Waals surface area contributed by atoms with Gasteiger partial charge in [0.25, 0.3) is 0 Å². The summed E-state index contributed by atoms with van der Waals surface area (Å²) >= 11 is 1.78. The molecule has 1 aliphatic rings. The van der Waals surface area contributed by atoms with E-state index in [1.807, 2.05) is 0 Å². The molecule has 1 fully saturated rings. The number of ether oxygens (including phenoxy) is 1. The third kappa shape index (κ3) is 2.77. The van der Waals surface area contributed by atoms with Gasteiger partial charge in [-0.1, -0.05) is 30.3 Å². The Morgan fingerprint density at radius 3 is 2.52 bits per heavy atom. The van der Waals surface area contributed by atoms with Gasteiger partial charge in [0.15, 0.2) is 0 Å². The molecule has 2 aromatic rings. The second-order valence-corrected chi connectivity index (χ2v) is 6.84. The van der Waals surface area contributed by atoms with E-state index in [9.17, 15) is 0 Å². The Balaban J connectivity index is 2.05. The van der Waals surface area contributed by atoms with E-state index in [0.29, 0.717) is 0 Å². The Morgan fingerprint density at radius 1 is 1.24 bits per heavy atom. The zero-order valence-electron chi connectivity index (χ0n) is 12.3. The summed E-state index contributed by atoms with van der Waals surface area (Å²) in [6.45, 7) is 3.72. The Bertz CT molecular complexity index is 575. The molecule has 1 unspecified atom stereocenters. The summed E-state index contributed by atoms with van der Waals surface area (Å²) in [7, 11) is 0. The van der Waals surface area contributed by atoms with E-state index in [-0.39, 0.29) is 11.5 Å². The Hall–Kier alpha value is -1.20. The number of aryl methyl sites for hydroxylation is 1. The van der Waals surface area contributed by atoms with Crippen LogP contribution in [0.4, 0.5) is 0 Å². The number of hydrazine groups is 1. The molecule has 1 aromatic heterocycles. The molecule has 0 spiro atoms. The molecule has 1 aliphatic heterocycles. The highest BCUT2D eigenvalue weighted by Gasteiger charge is 2.42. The summed E-state index contributed by atoms with van der Waals surface area (Å²) in [5, 5.41) is 2.22. The van der Waals surface area contributed by atoms with Crippen molar-refractivity contribution in [3.05, 3.63) is 57.8 Å². The van der Waals surface area contributed by atoms with Gasteiger partial charge in [-0.05, 0) is 42.3 Å². The van der Waals surface area contributed by atoms with Crippen molar-refractivity contribution in [3.8, 4) is 0 Å². The van der Waals surface area contributed by atoms with Crippen LogP contribution in [0.1, 0.15) is 34.9 Å². The molecule has 21 heavy (non-hydrogen) atoms. The van der Waals surface area contributed by atoms with E-state index in [0.717, 1.165) is 26.1 Å². The molecular weight excluding hydrogens is 280 g/mol. The number of benzene rings is 1. The first-order valence-corrected chi connectivity index (χ1v) is 8.29. The minimum atomic E-state index is 0.00176. The van der Waals surface area contributed by atoms with Crippen molar-refractivity contribution in [2.24, 2.45) is 5.84 Å². The molecule has 112 valence electrons. The number of nitrogens with two attached hydrogens (primary N) is 1. The van der Waals surface area contributed by atoms with E-state index < -0.39 is 0 Å². The van der Waals surface area contributed by atoms with Crippen molar-refractivity contribution in [1.29, 1.82) is 0 Å². The van der Waals surface area contributed by atoms with Gasteiger partial charge >= 0.3 is 0 Å². The molecule has 3 rings (SSSR count). The van der Waals surface area contributed by atoms with Crippen LogP contribution in [-0.4, -0.2) is 13.2 Å². The molecule has 0 bridgehead atoms. The van der Waals surface area contributed by atoms with Gasteiger partial charge in [-0.3, -0.25) is 11.3 Å². The number of hydrogen-bond donors (Lipinski definition) is 2. The van der Waals surface area contributed by atoms with Crippen LogP contribution >= 0.6 is 11.3 Å². The standard InChI is InChI=1S/C17H22N2OS/c1-13-11-14(12-21-13)16(19-18)17(7-9-20-10-8-17)15-5-3-2-4-6-15/h2-6,11-12,16,19H,7-10,18H2,1H3. The molecule has 1 saturated heterocycles. The molecule has 2 heterocycles. The van der Waals surface area contributed by atoms with Gasteiger partial charge in [0.1, 0.15) is 0 Å². The summed E-state index contributed by atoms with van der Waals surface area (Å²) in [6, 6.07) is 13.1. The van der Waals surface area contributed by atoms with Crippen LogP contribution in [0.15, 0.2) is 41.8 Å². The van der Waals surface area contributed by atoms with E-state index in [4.69, 9.17) is 10.6 Å². The van der Waals surface area contributed by atoms with Gasteiger partial charge in [-0.15, -0.1) is 11.3 Å². The highest BCUT2D eigenvalue weighted by molar-refractivity contribution is 7.10. The molecule has 0 amide bonds. The minimum absolute atomic E-state index is 0.00176. The molecule has 0 aliphatic carbocycles. The van der Waals surface area contributed by atoms with Gasteiger partial charge in [0.2, 0.25) is 0 Å². The van der Waals surface area contributed by atoms with Crippen molar-refractivity contribution in [3.63, 3.8) is 0 Å². The van der Waals surface area contributed by atoms with E-state index in [1.165, 1.54) is 16.0 Å². The second-order valence-electron chi connectivity index (χ2n) is 5.72. The highest BCUT2D eigenvalue weighted by Crippen LogP contribution is 2.45. The molecule has 0 saturated carbocycles. The zero-order chi connectivity index (χ0) is 14.7. The van der Waals surface area contributed by atoms with Gasteiger partial charge in [-0.2, -0.15) is 0 Å². The predicted molar refractivity (Wildman–Crippen MR) is 87.3 cm³/mol. The first-order valence-electron chi connectivity index (χ1n) is 7.41. The van der Waals surface area contributed by atoms with Crippen LogP contribution < -0.4 is 11.3 Å². The number of nitrogens with one attached hydrogen (secondary N) is 1. The largest absolute Gasteiger partial charge is 0.381 e. The lowest BCUT2D eigenvalue weighted by atomic mass is 9.67. The number of rotatable bonds is 4. The van der Waals surface area contributed by atoms with Crippen LogP contribution in [0.5, 0.6) is 0 Å². The molecule has 1 aromatic carbocycles. The number of hydrogen-bond acceptors (Lipinski definition) is 4. The van der Waals surface area contributed by atoms with Gasteiger partial charge in [-0.25, -0.2) is 0 Å². The maximum Gasteiger partial charge on any atom is 0.0566 e. The van der Waals surface area contributed by atoms with Gasteiger partial charge in [0, 0.05) is 23.5 Å². The number of thiophene rings is 1. The summed E-state index contributed by atoms with van der Waals surface area (Å²) in [5.74, 6) is 5.98. The van der Waals surface area contributed by atoms with Crippen LogP contribution in [0.2, 0.25) is 0 Å². The van der Waals surface area contributed by atoms with Crippen molar-refractivity contribution >= 4 is 11.3 Å². The van der Waals surface area contributed by atoms with Gasteiger partial charge < -0.3 is 4.74 Å². The fraction of sp³-hybridized carbons (Fsp3) is 0.412. The second kappa shape index (κ2) is 6.28. The summed E-state index contributed by atoms with van der Waals surface area (Å²) < 4.78 is 5.62. The van der Waals surface area contributed by atoms with Crippen molar-refractivity contribution in [2.75, 3.05) is 13.2 Å². The highest BCUT2D eigenvalue weighted by atomic mass is 32.1. The quantitative estimate of drug-likeness (QED) is 0.673. The molecule has 0 radical (unpaired) electrons. The molecule has 1 atom stereocenters. The zero-order valence-corrected chi connectivity index (χ0v) is 13.2. The average Bonchev–Trinajstić information content (AvgIpc) is 2.96. The topological polar surface area (TPSA) is 47.3 Å². The average molecular weight is 302 g/mol. The fourth-order valence-corrected chi connectivity index (χ4v) is 4.17. The molecule has 3 N–H and O–H groups in total. The lowest BCUT2D eigenvalue weighted by molar-refractivity contribution is 0.0341. The molecule has 3 nitrogen and oxygen atoms in total. The normalized spacial score (nSPS) is 19.3. The lowest BCUT2D eigenvalue weighted by Gasteiger charge is -2.43. The third-order valence-corrected chi connectivity index (χ3v) is 5.42. The SMILES string of the molecule is Cc1cc(C(NN)C2(c3ccccc3)CCOCC2)cs1. The van der Waals surface area contributed by atoms with Crippen molar-refractivity contribution < 1.29 is 4.74 Å². The molecular formula is C17H22N2OS. The van der Waals surface area contributed by atoms with Crippen LogP contribution in [0.25, 0.3) is 0 Å². The minimum Gasteiger partial charge on any atom is -0.381 e. The monoisotopic (exact) mass is 302 g/mol. The van der Waals surface area contributed by atoms with Crippen LogP contribution in [0.3, 0.4) is 0 Å².